The smallest absolute Gasteiger partial charge is 0.305 e. The molecule has 2 heterocycles. The van der Waals surface area contributed by atoms with Crippen LogP contribution in [0.1, 0.15) is 32.1 Å². The fraction of sp³-hybridized carbons (Fsp3) is 0.688. The van der Waals surface area contributed by atoms with Gasteiger partial charge in [-0.3, -0.25) is 9.79 Å². The molecule has 0 aromatic carbocycles. The molecule has 1 aromatic heterocycles. The lowest BCUT2D eigenvalue weighted by Crippen LogP contribution is -2.51. The Kier molecular flexibility index (Phi) is 7.81. The van der Waals surface area contributed by atoms with Gasteiger partial charge in [0.25, 0.3) is 0 Å². The monoisotopic (exact) mass is 353 g/mol. The highest BCUT2D eigenvalue weighted by Gasteiger charge is 2.19. The molecule has 1 aliphatic rings. The van der Waals surface area contributed by atoms with E-state index in [1.165, 1.54) is 7.11 Å². The number of guanidine groups is 1. The molecule has 7 nitrogen and oxygen atoms in total. The molecule has 0 amide bonds. The van der Waals surface area contributed by atoms with E-state index in [1.54, 1.807) is 11.3 Å². The number of carbonyl (C=O) groups is 1. The molecule has 1 fully saturated rings. The minimum absolute atomic E-state index is 0.130. The Hall–Kier alpha value is -1.83. The lowest BCUT2D eigenvalue weighted by molar-refractivity contribution is -0.140. The number of hydrogen-bond donors (Lipinski definition) is 1. The Labute approximate surface area is 147 Å². The number of aliphatic imine (C=N–C) groups is 1. The van der Waals surface area contributed by atoms with Gasteiger partial charge in [-0.05, 0) is 12.8 Å². The summed E-state index contributed by atoms with van der Waals surface area (Å²) in [6, 6.07) is 0. The number of thiazole rings is 1. The quantitative estimate of drug-likeness (QED) is 0.331. The molecule has 0 bridgehead atoms. The third-order valence-electron chi connectivity index (χ3n) is 4.08. The SMILES string of the molecule is COC(=O)CCCCCCN=C(N)N1CCN(c2nccs2)CC1. The summed E-state index contributed by atoms with van der Waals surface area (Å²) in [6.45, 7) is 4.37. The van der Waals surface area contributed by atoms with Gasteiger partial charge in [-0.2, -0.15) is 0 Å². The van der Waals surface area contributed by atoms with Crippen molar-refractivity contribution in [2.24, 2.45) is 10.7 Å². The minimum atomic E-state index is -0.130. The number of nitrogens with two attached hydrogens (primary N) is 1. The van der Waals surface area contributed by atoms with E-state index < -0.39 is 0 Å². The van der Waals surface area contributed by atoms with Crippen LogP contribution in [0.25, 0.3) is 0 Å². The van der Waals surface area contributed by atoms with Crippen molar-refractivity contribution in [2.75, 3.05) is 44.7 Å². The summed E-state index contributed by atoms with van der Waals surface area (Å²) < 4.78 is 4.62. The van der Waals surface area contributed by atoms with E-state index >= 15 is 0 Å². The van der Waals surface area contributed by atoms with Crippen LogP contribution >= 0.6 is 11.3 Å². The number of methoxy groups -OCH3 is 1. The summed E-state index contributed by atoms with van der Waals surface area (Å²) >= 11 is 1.67. The molecular formula is C16H27N5O2S. The summed E-state index contributed by atoms with van der Waals surface area (Å²) in [6.07, 6.45) is 6.31. The van der Waals surface area contributed by atoms with E-state index in [2.05, 4.69) is 24.5 Å². The first-order valence-electron chi connectivity index (χ1n) is 8.47. The summed E-state index contributed by atoms with van der Waals surface area (Å²) in [5, 5.41) is 3.08. The second-order valence-corrected chi connectivity index (χ2v) is 6.64. The standard InChI is InChI=1S/C16H27N5O2S/c1-23-14(22)6-4-2-3-5-7-18-15(17)20-9-11-21(12-10-20)16-19-8-13-24-16/h8,13H,2-7,9-12H2,1H3,(H2,17,18). The van der Waals surface area contributed by atoms with Crippen molar-refractivity contribution in [3.05, 3.63) is 11.6 Å². The highest BCUT2D eigenvalue weighted by atomic mass is 32.1. The molecule has 134 valence electrons. The van der Waals surface area contributed by atoms with Crippen LogP contribution < -0.4 is 10.6 Å². The van der Waals surface area contributed by atoms with Crippen LogP contribution in [0.15, 0.2) is 16.6 Å². The van der Waals surface area contributed by atoms with Crippen molar-refractivity contribution in [2.45, 2.75) is 32.1 Å². The van der Waals surface area contributed by atoms with Crippen molar-refractivity contribution in [1.82, 2.24) is 9.88 Å². The van der Waals surface area contributed by atoms with Gasteiger partial charge in [0.1, 0.15) is 0 Å². The highest BCUT2D eigenvalue weighted by molar-refractivity contribution is 7.13. The lowest BCUT2D eigenvalue weighted by Gasteiger charge is -2.35. The molecule has 0 atom stereocenters. The topological polar surface area (TPSA) is 84.0 Å². The van der Waals surface area contributed by atoms with Gasteiger partial charge in [-0.15, -0.1) is 11.3 Å². The molecule has 1 aliphatic heterocycles. The second-order valence-electron chi connectivity index (χ2n) is 5.77. The number of hydrogen-bond acceptors (Lipinski definition) is 6. The van der Waals surface area contributed by atoms with E-state index in [0.29, 0.717) is 12.4 Å². The molecular weight excluding hydrogens is 326 g/mol. The Morgan fingerprint density at radius 1 is 1.29 bits per heavy atom. The first-order chi connectivity index (χ1) is 11.7. The first kappa shape index (κ1) is 18.5. The Morgan fingerprint density at radius 3 is 2.71 bits per heavy atom. The lowest BCUT2D eigenvalue weighted by atomic mass is 10.1. The highest BCUT2D eigenvalue weighted by Crippen LogP contribution is 2.18. The molecule has 2 rings (SSSR count). The number of esters is 1. The number of nitrogens with zero attached hydrogens (tertiary/aromatic N) is 4. The molecule has 0 radical (unpaired) electrons. The first-order valence-corrected chi connectivity index (χ1v) is 9.35. The Morgan fingerprint density at radius 2 is 2.04 bits per heavy atom. The average Bonchev–Trinajstić information content (AvgIpc) is 3.15. The van der Waals surface area contributed by atoms with Crippen LogP contribution in [-0.4, -0.2) is 61.6 Å². The molecule has 0 spiro atoms. The van der Waals surface area contributed by atoms with Gasteiger partial charge in [0.15, 0.2) is 11.1 Å². The van der Waals surface area contributed by atoms with Crippen molar-refractivity contribution in [1.29, 1.82) is 0 Å². The molecule has 2 N–H and O–H groups in total. The molecule has 1 aromatic rings. The second kappa shape index (κ2) is 10.1. The zero-order valence-corrected chi connectivity index (χ0v) is 15.1. The van der Waals surface area contributed by atoms with Gasteiger partial charge < -0.3 is 20.3 Å². The van der Waals surface area contributed by atoms with Gasteiger partial charge in [-0.25, -0.2) is 4.98 Å². The fourth-order valence-electron chi connectivity index (χ4n) is 2.63. The third-order valence-corrected chi connectivity index (χ3v) is 4.92. The van der Waals surface area contributed by atoms with E-state index in [1.807, 2.05) is 11.6 Å². The summed E-state index contributed by atoms with van der Waals surface area (Å²) in [4.78, 5) is 24.2. The van der Waals surface area contributed by atoms with Crippen LogP contribution in [-0.2, 0) is 9.53 Å². The van der Waals surface area contributed by atoms with Crippen molar-refractivity contribution in [3.8, 4) is 0 Å². The Balaban J connectivity index is 1.58. The number of anilines is 1. The Bertz CT molecular complexity index is 513. The fourth-order valence-corrected chi connectivity index (χ4v) is 3.33. The largest absolute Gasteiger partial charge is 0.469 e. The van der Waals surface area contributed by atoms with Crippen LogP contribution in [0.4, 0.5) is 5.13 Å². The minimum Gasteiger partial charge on any atom is -0.469 e. The van der Waals surface area contributed by atoms with Crippen LogP contribution in [0.2, 0.25) is 0 Å². The van der Waals surface area contributed by atoms with Crippen molar-refractivity contribution in [3.63, 3.8) is 0 Å². The van der Waals surface area contributed by atoms with Crippen molar-refractivity contribution < 1.29 is 9.53 Å². The summed E-state index contributed by atoms with van der Waals surface area (Å²) in [7, 11) is 1.43. The predicted octanol–water partition coefficient (Wildman–Crippen LogP) is 1.70. The summed E-state index contributed by atoms with van der Waals surface area (Å²) in [5.41, 5.74) is 6.09. The average molecular weight is 353 g/mol. The number of carbonyl (C=O) groups excluding carboxylic acids is 1. The van der Waals surface area contributed by atoms with Crippen molar-refractivity contribution >= 4 is 28.4 Å². The maximum Gasteiger partial charge on any atom is 0.305 e. The number of ether oxygens (including phenoxy) is 1. The maximum atomic E-state index is 11.0. The van der Waals surface area contributed by atoms with Gasteiger partial charge in [-0.1, -0.05) is 12.8 Å². The van der Waals surface area contributed by atoms with Gasteiger partial charge in [0.2, 0.25) is 0 Å². The van der Waals surface area contributed by atoms with E-state index in [-0.39, 0.29) is 5.97 Å². The predicted molar refractivity (Wildman–Crippen MR) is 97.5 cm³/mol. The van der Waals surface area contributed by atoms with E-state index in [4.69, 9.17) is 5.73 Å². The molecule has 8 heteroatoms. The molecule has 0 aliphatic carbocycles. The van der Waals surface area contributed by atoms with Gasteiger partial charge in [0, 0.05) is 50.7 Å². The zero-order chi connectivity index (χ0) is 17.2. The normalized spacial score (nSPS) is 15.6. The molecule has 0 unspecified atom stereocenters. The summed E-state index contributed by atoms with van der Waals surface area (Å²) in [5.74, 6) is 0.512. The molecule has 1 saturated heterocycles. The van der Waals surface area contributed by atoms with Gasteiger partial charge in [0.05, 0.1) is 7.11 Å². The molecule has 0 saturated carbocycles. The zero-order valence-electron chi connectivity index (χ0n) is 14.3. The number of aromatic nitrogens is 1. The van der Waals surface area contributed by atoms with Crippen LogP contribution in [0.3, 0.4) is 0 Å². The van der Waals surface area contributed by atoms with E-state index in [0.717, 1.165) is 63.5 Å². The third kappa shape index (κ3) is 5.99. The van der Waals surface area contributed by atoms with Gasteiger partial charge >= 0.3 is 5.97 Å². The van der Waals surface area contributed by atoms with Crippen LogP contribution in [0, 0.1) is 0 Å². The number of rotatable bonds is 8. The van der Waals surface area contributed by atoms with E-state index in [9.17, 15) is 4.79 Å². The maximum absolute atomic E-state index is 11.0. The number of piperazine rings is 1. The number of unbranched alkanes of at least 4 members (excludes halogenated alkanes) is 3. The molecule has 24 heavy (non-hydrogen) atoms. The van der Waals surface area contributed by atoms with Crippen LogP contribution in [0.5, 0.6) is 0 Å².